The maximum Gasteiger partial charge on any atom is 0.147 e. The lowest BCUT2D eigenvalue weighted by molar-refractivity contribution is 0.889. The highest BCUT2D eigenvalue weighted by Gasteiger charge is 2.10. The van der Waals surface area contributed by atoms with E-state index >= 15 is 0 Å². The van der Waals surface area contributed by atoms with Crippen LogP contribution in [0.2, 0.25) is 5.02 Å². The van der Waals surface area contributed by atoms with Gasteiger partial charge in [-0.25, -0.2) is 4.98 Å². The predicted octanol–water partition coefficient (Wildman–Crippen LogP) is 3.59. The van der Waals surface area contributed by atoms with Crippen LogP contribution in [0.1, 0.15) is 11.1 Å². The van der Waals surface area contributed by atoms with E-state index in [2.05, 4.69) is 27.0 Å². The minimum Gasteiger partial charge on any atom is -0.354 e. The largest absolute Gasteiger partial charge is 0.354 e. The molecule has 0 fully saturated rings. The van der Waals surface area contributed by atoms with Gasteiger partial charge in [0, 0.05) is 30.8 Å². The van der Waals surface area contributed by atoms with E-state index in [1.165, 1.54) is 5.56 Å². The molecule has 0 unspecified atom stereocenters. The van der Waals surface area contributed by atoms with E-state index in [0.29, 0.717) is 11.6 Å². The van der Waals surface area contributed by atoms with Crippen molar-refractivity contribution in [2.45, 2.75) is 13.1 Å². The van der Waals surface area contributed by atoms with Gasteiger partial charge in [-0.2, -0.15) is 0 Å². The second-order valence-electron chi connectivity index (χ2n) is 4.30. The first-order valence-corrected chi connectivity index (χ1v) is 7.08. The zero-order valence-corrected chi connectivity index (χ0v) is 12.9. The molecule has 5 heteroatoms. The summed E-state index contributed by atoms with van der Waals surface area (Å²) in [5.41, 5.74) is 7.69. The Morgan fingerprint density at radius 1 is 1.37 bits per heavy atom. The summed E-state index contributed by atoms with van der Waals surface area (Å²) in [6.07, 6.45) is 1.76. The molecule has 0 aliphatic carbocycles. The summed E-state index contributed by atoms with van der Waals surface area (Å²) in [4.78, 5) is 6.39. The minimum absolute atomic E-state index is 0.445. The Morgan fingerprint density at radius 3 is 2.74 bits per heavy atom. The molecule has 2 aromatic rings. The van der Waals surface area contributed by atoms with Crippen LogP contribution in [-0.4, -0.2) is 12.0 Å². The Morgan fingerprint density at radius 2 is 2.11 bits per heavy atom. The molecule has 2 N–H and O–H groups in total. The molecule has 0 radical (unpaired) electrons. The average molecular weight is 341 g/mol. The molecule has 1 aromatic carbocycles. The highest BCUT2D eigenvalue weighted by atomic mass is 79.9. The van der Waals surface area contributed by atoms with Gasteiger partial charge in [-0.3, -0.25) is 0 Å². The Hall–Kier alpha value is -1.10. The van der Waals surface area contributed by atoms with Gasteiger partial charge in [0.1, 0.15) is 5.82 Å². The van der Waals surface area contributed by atoms with Crippen molar-refractivity contribution >= 4 is 33.3 Å². The molecular weight excluding hydrogens is 326 g/mol. The zero-order valence-electron chi connectivity index (χ0n) is 10.6. The summed E-state index contributed by atoms with van der Waals surface area (Å²) < 4.78 is 1.08. The third-order valence-electron chi connectivity index (χ3n) is 2.84. The van der Waals surface area contributed by atoms with Crippen molar-refractivity contribution in [3.8, 4) is 0 Å². The second kappa shape index (κ2) is 6.37. The molecule has 0 atom stereocenters. The lowest BCUT2D eigenvalue weighted by Crippen LogP contribution is -2.18. The fourth-order valence-electron chi connectivity index (χ4n) is 1.82. The Kier molecular flexibility index (Phi) is 4.80. The molecule has 0 aliphatic heterocycles. The third kappa shape index (κ3) is 3.47. The van der Waals surface area contributed by atoms with E-state index in [0.717, 1.165) is 22.4 Å². The van der Waals surface area contributed by atoms with Crippen molar-refractivity contribution in [1.29, 1.82) is 0 Å². The molecule has 2 rings (SSSR count). The van der Waals surface area contributed by atoms with Gasteiger partial charge in [0.05, 0.1) is 5.02 Å². The fourth-order valence-corrected chi connectivity index (χ4v) is 2.56. The van der Waals surface area contributed by atoms with E-state index in [-0.39, 0.29) is 0 Å². The molecule has 0 saturated carbocycles. The Labute approximate surface area is 126 Å². The van der Waals surface area contributed by atoms with Gasteiger partial charge in [-0.1, -0.05) is 45.7 Å². The van der Waals surface area contributed by atoms with Crippen LogP contribution in [0.4, 0.5) is 5.82 Å². The molecule has 1 heterocycles. The van der Waals surface area contributed by atoms with Gasteiger partial charge in [-0.15, -0.1) is 0 Å². The van der Waals surface area contributed by atoms with Gasteiger partial charge in [0.15, 0.2) is 0 Å². The summed E-state index contributed by atoms with van der Waals surface area (Å²) in [6.45, 7) is 1.18. The molecule has 1 aromatic heterocycles. The molecule has 100 valence electrons. The first kappa shape index (κ1) is 14.3. The van der Waals surface area contributed by atoms with Gasteiger partial charge in [0.25, 0.3) is 0 Å². The summed E-state index contributed by atoms with van der Waals surface area (Å²) in [5.74, 6) is 0.759. The highest BCUT2D eigenvalue weighted by molar-refractivity contribution is 9.10. The van der Waals surface area contributed by atoms with Crippen LogP contribution in [0.15, 0.2) is 41.0 Å². The molecule has 19 heavy (non-hydrogen) atoms. The maximum atomic E-state index is 6.24. The number of anilines is 1. The number of halogens is 2. The lowest BCUT2D eigenvalue weighted by atomic mass is 10.2. The van der Waals surface area contributed by atoms with Crippen molar-refractivity contribution in [2.24, 2.45) is 5.73 Å². The predicted molar refractivity (Wildman–Crippen MR) is 83.4 cm³/mol. The van der Waals surface area contributed by atoms with Crippen molar-refractivity contribution < 1.29 is 0 Å². The Bertz CT molecular complexity index is 574. The van der Waals surface area contributed by atoms with Crippen LogP contribution in [0, 0.1) is 0 Å². The smallest absolute Gasteiger partial charge is 0.147 e. The number of hydrogen-bond acceptors (Lipinski definition) is 3. The lowest BCUT2D eigenvalue weighted by Gasteiger charge is -2.20. The van der Waals surface area contributed by atoms with Crippen LogP contribution in [-0.2, 0) is 13.1 Å². The van der Waals surface area contributed by atoms with Crippen LogP contribution >= 0.6 is 27.5 Å². The number of nitrogens with zero attached hydrogens (tertiary/aromatic N) is 2. The average Bonchev–Trinajstić information content (AvgIpc) is 2.41. The molecule has 0 spiro atoms. The van der Waals surface area contributed by atoms with Gasteiger partial charge in [-0.05, 0) is 23.3 Å². The standard InChI is InChI=1S/C14H15BrClN3/c1-19(9-11-4-2-3-5-12(11)15)14-13(16)6-10(7-17)8-18-14/h2-6,8H,7,9,17H2,1H3. The summed E-state index contributed by atoms with van der Waals surface area (Å²) in [6, 6.07) is 9.97. The van der Waals surface area contributed by atoms with Crippen LogP contribution in [0.5, 0.6) is 0 Å². The van der Waals surface area contributed by atoms with Gasteiger partial charge >= 0.3 is 0 Å². The number of pyridine rings is 1. The van der Waals surface area contributed by atoms with E-state index in [1.807, 2.05) is 36.2 Å². The van der Waals surface area contributed by atoms with Crippen molar-refractivity contribution in [3.63, 3.8) is 0 Å². The van der Waals surface area contributed by atoms with Crippen molar-refractivity contribution in [3.05, 3.63) is 57.2 Å². The first-order chi connectivity index (χ1) is 9.11. The van der Waals surface area contributed by atoms with E-state index in [9.17, 15) is 0 Å². The molecular formula is C14H15BrClN3. The molecule has 0 aliphatic rings. The molecule has 0 saturated heterocycles. The minimum atomic E-state index is 0.445. The number of nitrogens with two attached hydrogens (primary N) is 1. The van der Waals surface area contributed by atoms with E-state index in [1.54, 1.807) is 6.20 Å². The topological polar surface area (TPSA) is 42.2 Å². The highest BCUT2D eigenvalue weighted by Crippen LogP contribution is 2.26. The fraction of sp³-hybridized carbons (Fsp3) is 0.214. The zero-order chi connectivity index (χ0) is 13.8. The van der Waals surface area contributed by atoms with Crippen LogP contribution in [0.3, 0.4) is 0 Å². The number of hydrogen-bond donors (Lipinski definition) is 1. The maximum absolute atomic E-state index is 6.24. The summed E-state index contributed by atoms with van der Waals surface area (Å²) >= 11 is 9.78. The van der Waals surface area contributed by atoms with E-state index < -0.39 is 0 Å². The van der Waals surface area contributed by atoms with Crippen molar-refractivity contribution in [1.82, 2.24) is 4.98 Å². The quantitative estimate of drug-likeness (QED) is 0.925. The van der Waals surface area contributed by atoms with Gasteiger partial charge in [0.2, 0.25) is 0 Å². The number of benzene rings is 1. The SMILES string of the molecule is CN(Cc1ccccc1Br)c1ncc(CN)cc1Cl. The van der Waals surface area contributed by atoms with Crippen LogP contribution < -0.4 is 10.6 Å². The monoisotopic (exact) mass is 339 g/mol. The third-order valence-corrected chi connectivity index (χ3v) is 3.89. The first-order valence-electron chi connectivity index (χ1n) is 5.91. The van der Waals surface area contributed by atoms with Crippen molar-refractivity contribution in [2.75, 3.05) is 11.9 Å². The summed E-state index contributed by atoms with van der Waals surface area (Å²) in [7, 11) is 1.97. The van der Waals surface area contributed by atoms with Gasteiger partial charge < -0.3 is 10.6 Å². The number of rotatable bonds is 4. The Balaban J connectivity index is 2.21. The van der Waals surface area contributed by atoms with Crippen LogP contribution in [0.25, 0.3) is 0 Å². The summed E-state index contributed by atoms with van der Waals surface area (Å²) in [5, 5.41) is 0.623. The van der Waals surface area contributed by atoms with E-state index in [4.69, 9.17) is 17.3 Å². The number of aromatic nitrogens is 1. The normalized spacial score (nSPS) is 10.5. The molecule has 3 nitrogen and oxygen atoms in total. The molecule has 0 amide bonds. The molecule has 0 bridgehead atoms. The second-order valence-corrected chi connectivity index (χ2v) is 5.56.